The Balaban J connectivity index is 1.57. The summed E-state index contributed by atoms with van der Waals surface area (Å²) in [5, 5.41) is 3.23. The van der Waals surface area contributed by atoms with Gasteiger partial charge in [0.05, 0.1) is 17.9 Å². The molecule has 2 aromatic carbocycles. The summed E-state index contributed by atoms with van der Waals surface area (Å²) in [4.78, 5) is 43.1. The van der Waals surface area contributed by atoms with Gasteiger partial charge >= 0.3 is 0 Å². The van der Waals surface area contributed by atoms with Gasteiger partial charge in [0.1, 0.15) is 5.54 Å². The van der Waals surface area contributed by atoms with E-state index < -0.39 is 27.5 Å². The fourth-order valence-corrected chi connectivity index (χ4v) is 6.44. The number of amides is 3. The van der Waals surface area contributed by atoms with E-state index >= 15 is 0 Å². The number of benzene rings is 2. The third-order valence-corrected chi connectivity index (χ3v) is 8.79. The minimum absolute atomic E-state index is 0.0701. The van der Waals surface area contributed by atoms with Crippen LogP contribution in [0.3, 0.4) is 0 Å². The number of likely N-dealkylation sites (tertiary alicyclic amines) is 1. The van der Waals surface area contributed by atoms with Gasteiger partial charge in [0, 0.05) is 40.0 Å². The molecule has 0 saturated carbocycles. The molecule has 0 spiro atoms. The molecule has 38 heavy (non-hydrogen) atoms. The molecule has 1 saturated heterocycles. The zero-order chi connectivity index (χ0) is 27.7. The molecule has 2 heterocycles. The van der Waals surface area contributed by atoms with Crippen LogP contribution < -0.4 is 4.72 Å². The molecule has 202 valence electrons. The van der Waals surface area contributed by atoms with E-state index in [1.54, 1.807) is 34.9 Å². The van der Waals surface area contributed by atoms with Gasteiger partial charge in [-0.3, -0.25) is 19.1 Å². The lowest BCUT2D eigenvalue weighted by atomic mass is 9.83. The van der Waals surface area contributed by atoms with E-state index in [0.717, 1.165) is 21.9 Å². The van der Waals surface area contributed by atoms with E-state index in [9.17, 15) is 22.8 Å². The topological polar surface area (TPSA) is 104 Å². The van der Waals surface area contributed by atoms with Gasteiger partial charge in [-0.2, -0.15) is 0 Å². The van der Waals surface area contributed by atoms with Crippen LogP contribution in [-0.2, 0) is 19.6 Å². The number of hydrogen-bond donors (Lipinski definition) is 1. The summed E-state index contributed by atoms with van der Waals surface area (Å²) < 4.78 is 25.7. The predicted molar refractivity (Wildman–Crippen MR) is 150 cm³/mol. The monoisotopic (exact) mass is 575 g/mol. The first kappa shape index (κ1) is 28.1. The summed E-state index contributed by atoms with van der Waals surface area (Å²) in [7, 11) is -3.66. The maximum Gasteiger partial charge on any atom is 0.256 e. The van der Waals surface area contributed by atoms with Crippen LogP contribution in [0.4, 0.5) is 0 Å². The normalized spacial score (nSPS) is 18.1. The number of halogens is 1. The van der Waals surface area contributed by atoms with Crippen LogP contribution >= 0.6 is 22.9 Å². The number of fused-ring (bicyclic) bond motifs is 1. The Labute approximate surface area is 231 Å². The van der Waals surface area contributed by atoms with E-state index in [4.69, 9.17) is 11.6 Å². The van der Waals surface area contributed by atoms with Gasteiger partial charge < -0.3 is 9.80 Å². The highest BCUT2D eigenvalue weighted by Gasteiger charge is 2.52. The summed E-state index contributed by atoms with van der Waals surface area (Å²) >= 11 is 7.71. The smallest absolute Gasteiger partial charge is 0.256 e. The predicted octanol–water partition coefficient (Wildman–Crippen LogP) is 4.61. The number of carbonyl (C=O) groups excluding carboxylic acids is 3. The first-order chi connectivity index (χ1) is 17.9. The molecule has 1 aromatic heterocycles. The van der Waals surface area contributed by atoms with Crippen LogP contribution in [0.1, 0.15) is 55.1 Å². The lowest BCUT2D eigenvalue weighted by Crippen LogP contribution is -2.68. The van der Waals surface area contributed by atoms with Crippen LogP contribution in [-0.4, -0.2) is 60.8 Å². The first-order valence-corrected chi connectivity index (χ1v) is 15.4. The molecule has 0 aliphatic carbocycles. The van der Waals surface area contributed by atoms with Crippen LogP contribution in [0.2, 0.25) is 5.02 Å². The Morgan fingerprint density at radius 3 is 2.58 bits per heavy atom. The molecule has 2 atom stereocenters. The van der Waals surface area contributed by atoms with Gasteiger partial charge in [-0.05, 0) is 50.5 Å². The van der Waals surface area contributed by atoms with E-state index in [0.29, 0.717) is 23.6 Å². The second kappa shape index (κ2) is 11.0. The van der Waals surface area contributed by atoms with Crippen LogP contribution in [0.5, 0.6) is 0 Å². The average molecular weight is 576 g/mol. The summed E-state index contributed by atoms with van der Waals surface area (Å²) in [6, 6.07) is 14.5. The Hall–Kier alpha value is -2.95. The van der Waals surface area contributed by atoms with Crippen molar-refractivity contribution in [1.82, 2.24) is 14.5 Å². The number of carbonyl (C=O) groups is 3. The second-order valence-electron chi connectivity index (χ2n) is 9.76. The molecule has 1 aliphatic heterocycles. The zero-order valence-corrected chi connectivity index (χ0v) is 23.8. The molecule has 1 N–H and O–H groups in total. The van der Waals surface area contributed by atoms with Gasteiger partial charge in [0.15, 0.2) is 0 Å². The maximum absolute atomic E-state index is 14.1. The van der Waals surface area contributed by atoms with Crippen molar-refractivity contribution in [2.24, 2.45) is 0 Å². The Bertz CT molecular complexity index is 1490. The van der Waals surface area contributed by atoms with Crippen molar-refractivity contribution >= 4 is 60.8 Å². The Morgan fingerprint density at radius 1 is 1.18 bits per heavy atom. The standard InChI is InChI=1S/C27H30ClN3O5S2/c1-18(19-8-6-9-20(28)16-19)30(14-7-12-24(32)29-38(3,35)36)26(34)27(2)13-15-31(27)25(33)22-17-37-23-11-5-4-10-21(22)23/h4-6,8-11,16-18H,7,12-15H2,1-3H3,(H,29,32)/t18-,27+/m0/s1. The molecular formula is C27H30ClN3O5S2. The lowest BCUT2D eigenvalue weighted by molar-refractivity contribution is -0.151. The quantitative estimate of drug-likeness (QED) is 0.401. The molecule has 1 fully saturated rings. The first-order valence-electron chi connectivity index (χ1n) is 12.3. The number of nitrogens with zero attached hydrogens (tertiary/aromatic N) is 2. The van der Waals surface area contributed by atoms with Crippen molar-refractivity contribution in [3.8, 4) is 0 Å². The molecule has 1 aliphatic rings. The number of thiophene rings is 1. The molecular weight excluding hydrogens is 546 g/mol. The Morgan fingerprint density at radius 2 is 1.92 bits per heavy atom. The minimum Gasteiger partial charge on any atom is -0.334 e. The number of nitrogens with one attached hydrogen (secondary N) is 1. The van der Waals surface area contributed by atoms with Crippen LogP contribution in [0, 0.1) is 0 Å². The summed E-state index contributed by atoms with van der Waals surface area (Å²) in [5.41, 5.74) is 0.342. The lowest BCUT2D eigenvalue weighted by Gasteiger charge is -2.51. The summed E-state index contributed by atoms with van der Waals surface area (Å²) in [5.74, 6) is -1.05. The SMILES string of the molecule is C[C@@H](c1cccc(Cl)c1)N(CCCC(=O)NS(C)(=O)=O)C(=O)[C@@]1(C)CCN1C(=O)c1csc2ccccc12. The maximum atomic E-state index is 14.1. The third-order valence-electron chi connectivity index (χ3n) is 7.00. The molecule has 3 amide bonds. The summed E-state index contributed by atoms with van der Waals surface area (Å²) in [6.07, 6.45) is 1.60. The largest absolute Gasteiger partial charge is 0.334 e. The number of sulfonamides is 1. The molecule has 0 unspecified atom stereocenters. The van der Waals surface area contributed by atoms with Gasteiger partial charge in [0.2, 0.25) is 21.8 Å². The third kappa shape index (κ3) is 5.87. The second-order valence-corrected chi connectivity index (χ2v) is 12.9. The van der Waals surface area contributed by atoms with Crippen molar-refractivity contribution in [3.05, 3.63) is 70.1 Å². The van der Waals surface area contributed by atoms with E-state index in [1.165, 1.54) is 11.3 Å². The van der Waals surface area contributed by atoms with Crippen LogP contribution in [0.25, 0.3) is 10.1 Å². The van der Waals surface area contributed by atoms with Crippen molar-refractivity contribution in [2.75, 3.05) is 19.3 Å². The van der Waals surface area contributed by atoms with Crippen molar-refractivity contribution in [2.45, 2.75) is 44.7 Å². The van der Waals surface area contributed by atoms with Gasteiger partial charge in [0.25, 0.3) is 5.91 Å². The van der Waals surface area contributed by atoms with Crippen molar-refractivity contribution in [3.63, 3.8) is 0 Å². The molecule has 0 radical (unpaired) electrons. The number of hydrogen-bond acceptors (Lipinski definition) is 6. The molecule has 8 nitrogen and oxygen atoms in total. The van der Waals surface area contributed by atoms with E-state index in [2.05, 4.69) is 0 Å². The molecule has 3 aromatic rings. The van der Waals surface area contributed by atoms with Crippen molar-refractivity contribution < 1.29 is 22.8 Å². The highest BCUT2D eigenvalue weighted by molar-refractivity contribution is 7.89. The van der Waals surface area contributed by atoms with E-state index in [-0.39, 0.29) is 31.2 Å². The van der Waals surface area contributed by atoms with Crippen molar-refractivity contribution in [1.29, 1.82) is 0 Å². The number of rotatable bonds is 9. The summed E-state index contributed by atoms with van der Waals surface area (Å²) in [6.45, 7) is 4.31. The molecule has 0 bridgehead atoms. The molecule has 4 rings (SSSR count). The highest BCUT2D eigenvalue weighted by atomic mass is 35.5. The van der Waals surface area contributed by atoms with E-state index in [1.807, 2.05) is 47.4 Å². The Kier molecular flexibility index (Phi) is 8.15. The minimum atomic E-state index is -3.66. The fraction of sp³-hybridized carbons (Fsp3) is 0.370. The average Bonchev–Trinajstić information content (AvgIpc) is 3.28. The van der Waals surface area contributed by atoms with Gasteiger partial charge in [-0.15, -0.1) is 11.3 Å². The zero-order valence-electron chi connectivity index (χ0n) is 21.4. The fourth-order valence-electron chi connectivity index (χ4n) is 4.79. The van der Waals surface area contributed by atoms with Gasteiger partial charge in [-0.25, -0.2) is 8.42 Å². The molecule has 11 heteroatoms. The highest BCUT2D eigenvalue weighted by Crippen LogP contribution is 2.38. The van der Waals surface area contributed by atoms with Gasteiger partial charge in [-0.1, -0.05) is 41.9 Å². The van der Waals surface area contributed by atoms with Crippen LogP contribution in [0.15, 0.2) is 53.9 Å².